The zero-order valence-corrected chi connectivity index (χ0v) is 11.8. The SMILES string of the molecule is O=C(Nc1ccccc1[N+](=O)[O-])c1ccccc1I. The van der Waals surface area contributed by atoms with E-state index in [-0.39, 0.29) is 17.3 Å². The van der Waals surface area contributed by atoms with Crippen LogP contribution in [-0.2, 0) is 0 Å². The quantitative estimate of drug-likeness (QED) is 0.513. The summed E-state index contributed by atoms with van der Waals surface area (Å²) in [7, 11) is 0. The van der Waals surface area contributed by atoms with Crippen molar-refractivity contribution in [3.05, 3.63) is 67.8 Å². The lowest BCUT2D eigenvalue weighted by Crippen LogP contribution is -2.14. The van der Waals surface area contributed by atoms with E-state index >= 15 is 0 Å². The van der Waals surface area contributed by atoms with Gasteiger partial charge in [-0.15, -0.1) is 0 Å². The summed E-state index contributed by atoms with van der Waals surface area (Å²) in [6.45, 7) is 0. The molecule has 0 atom stereocenters. The first kappa shape index (κ1) is 13.5. The Morgan fingerprint density at radius 3 is 2.42 bits per heavy atom. The van der Waals surface area contributed by atoms with Crippen molar-refractivity contribution in [2.75, 3.05) is 5.32 Å². The number of benzene rings is 2. The molecule has 0 bridgehead atoms. The molecule has 0 fully saturated rings. The van der Waals surface area contributed by atoms with Crippen LogP contribution in [-0.4, -0.2) is 10.8 Å². The molecule has 1 amide bonds. The lowest BCUT2D eigenvalue weighted by Gasteiger charge is -2.07. The fourth-order valence-electron chi connectivity index (χ4n) is 1.57. The van der Waals surface area contributed by atoms with E-state index in [0.29, 0.717) is 5.56 Å². The number of carbonyl (C=O) groups excluding carboxylic acids is 1. The summed E-state index contributed by atoms with van der Waals surface area (Å²) in [5, 5.41) is 13.4. The predicted octanol–water partition coefficient (Wildman–Crippen LogP) is 3.45. The number of hydrogen-bond donors (Lipinski definition) is 1. The summed E-state index contributed by atoms with van der Waals surface area (Å²) in [6.07, 6.45) is 0. The van der Waals surface area contributed by atoms with Crippen molar-refractivity contribution in [2.24, 2.45) is 0 Å². The van der Waals surface area contributed by atoms with Gasteiger partial charge in [0, 0.05) is 9.64 Å². The standard InChI is InChI=1S/C13H9IN2O3/c14-10-6-2-1-5-9(10)13(17)15-11-7-3-4-8-12(11)16(18)19/h1-8H,(H,15,17). The van der Waals surface area contributed by atoms with Crippen molar-refractivity contribution in [1.29, 1.82) is 0 Å². The van der Waals surface area contributed by atoms with Crippen molar-refractivity contribution in [2.45, 2.75) is 0 Å². The van der Waals surface area contributed by atoms with Gasteiger partial charge >= 0.3 is 0 Å². The third-order valence-electron chi connectivity index (χ3n) is 2.47. The molecule has 1 N–H and O–H groups in total. The number of nitro benzene ring substituents is 1. The molecule has 0 saturated heterocycles. The number of hydrogen-bond acceptors (Lipinski definition) is 3. The summed E-state index contributed by atoms with van der Waals surface area (Å²) >= 11 is 2.05. The number of anilines is 1. The molecule has 0 saturated carbocycles. The fourth-order valence-corrected chi connectivity index (χ4v) is 2.21. The first-order chi connectivity index (χ1) is 9.09. The van der Waals surface area contributed by atoms with Crippen molar-refractivity contribution in [3.63, 3.8) is 0 Å². The maximum absolute atomic E-state index is 12.1. The molecule has 6 heteroatoms. The van der Waals surface area contributed by atoms with Crippen LogP contribution in [0.5, 0.6) is 0 Å². The highest BCUT2D eigenvalue weighted by atomic mass is 127. The van der Waals surface area contributed by atoms with Crippen LogP contribution < -0.4 is 5.32 Å². The molecule has 2 rings (SSSR count). The summed E-state index contributed by atoms with van der Waals surface area (Å²) < 4.78 is 0.788. The molecular weight excluding hydrogens is 359 g/mol. The van der Waals surface area contributed by atoms with Gasteiger partial charge in [0.2, 0.25) is 0 Å². The molecule has 2 aromatic rings. The minimum absolute atomic E-state index is 0.123. The number of para-hydroxylation sites is 2. The second-order valence-corrected chi connectivity index (χ2v) is 4.87. The Kier molecular flexibility index (Phi) is 4.10. The maximum Gasteiger partial charge on any atom is 0.292 e. The van der Waals surface area contributed by atoms with Crippen LogP contribution in [0.2, 0.25) is 0 Å². The molecule has 0 aliphatic rings. The van der Waals surface area contributed by atoms with Crippen molar-refractivity contribution >= 4 is 39.9 Å². The van der Waals surface area contributed by atoms with Crippen LogP contribution in [0, 0.1) is 13.7 Å². The minimum Gasteiger partial charge on any atom is -0.316 e. The zero-order valence-electron chi connectivity index (χ0n) is 9.67. The average Bonchev–Trinajstić information content (AvgIpc) is 2.39. The van der Waals surface area contributed by atoms with Gasteiger partial charge in [0.1, 0.15) is 5.69 Å². The highest BCUT2D eigenvalue weighted by Crippen LogP contribution is 2.24. The molecule has 0 spiro atoms. The normalized spacial score (nSPS) is 9.95. The molecule has 0 heterocycles. The van der Waals surface area contributed by atoms with E-state index in [1.54, 1.807) is 30.3 Å². The number of amides is 1. The fraction of sp³-hybridized carbons (Fsp3) is 0. The van der Waals surface area contributed by atoms with Gasteiger partial charge in [0.25, 0.3) is 11.6 Å². The van der Waals surface area contributed by atoms with E-state index in [1.165, 1.54) is 12.1 Å². The molecule has 0 aromatic heterocycles. The third-order valence-corrected chi connectivity index (χ3v) is 3.41. The van der Waals surface area contributed by atoms with E-state index < -0.39 is 4.92 Å². The smallest absolute Gasteiger partial charge is 0.292 e. The van der Waals surface area contributed by atoms with Gasteiger partial charge in [-0.2, -0.15) is 0 Å². The molecule has 0 aliphatic heterocycles. The highest BCUT2D eigenvalue weighted by Gasteiger charge is 2.16. The van der Waals surface area contributed by atoms with Gasteiger partial charge in [-0.1, -0.05) is 24.3 Å². The average molecular weight is 368 g/mol. The molecule has 2 aromatic carbocycles. The molecule has 0 radical (unpaired) electrons. The third kappa shape index (κ3) is 3.08. The molecule has 0 aliphatic carbocycles. The summed E-state index contributed by atoms with van der Waals surface area (Å²) in [4.78, 5) is 22.4. The first-order valence-corrected chi connectivity index (χ1v) is 6.47. The second-order valence-electron chi connectivity index (χ2n) is 3.71. The number of carbonyl (C=O) groups is 1. The number of nitrogens with zero attached hydrogens (tertiary/aromatic N) is 1. The second kappa shape index (κ2) is 5.79. The van der Waals surface area contributed by atoms with Crippen LogP contribution in [0.3, 0.4) is 0 Å². The van der Waals surface area contributed by atoms with Gasteiger partial charge in [-0.3, -0.25) is 14.9 Å². The van der Waals surface area contributed by atoms with Crippen LogP contribution >= 0.6 is 22.6 Å². The summed E-state index contributed by atoms with van der Waals surface area (Å²) in [5.74, 6) is -0.362. The topological polar surface area (TPSA) is 72.2 Å². The van der Waals surface area contributed by atoms with E-state index in [1.807, 2.05) is 28.7 Å². The molecule has 0 unspecified atom stereocenters. The lowest BCUT2D eigenvalue weighted by atomic mass is 10.2. The monoisotopic (exact) mass is 368 g/mol. The van der Waals surface area contributed by atoms with Crippen LogP contribution in [0.25, 0.3) is 0 Å². The maximum atomic E-state index is 12.1. The van der Waals surface area contributed by atoms with Crippen LogP contribution in [0.15, 0.2) is 48.5 Å². The largest absolute Gasteiger partial charge is 0.316 e. The number of nitrogens with one attached hydrogen (secondary N) is 1. The van der Waals surface area contributed by atoms with E-state index in [4.69, 9.17) is 0 Å². The lowest BCUT2D eigenvalue weighted by molar-refractivity contribution is -0.383. The molecule has 19 heavy (non-hydrogen) atoms. The van der Waals surface area contributed by atoms with Crippen molar-refractivity contribution in [3.8, 4) is 0 Å². The van der Waals surface area contributed by atoms with E-state index in [9.17, 15) is 14.9 Å². The summed E-state index contributed by atoms with van der Waals surface area (Å²) in [6, 6.07) is 13.1. The van der Waals surface area contributed by atoms with Gasteiger partial charge in [0.05, 0.1) is 10.5 Å². The Hall–Kier alpha value is -1.96. The van der Waals surface area contributed by atoms with Gasteiger partial charge in [0.15, 0.2) is 0 Å². The number of nitro groups is 1. The minimum atomic E-state index is -0.522. The Morgan fingerprint density at radius 2 is 1.74 bits per heavy atom. The Morgan fingerprint density at radius 1 is 1.11 bits per heavy atom. The Bertz CT molecular complexity index is 643. The molecule has 96 valence electrons. The zero-order chi connectivity index (χ0) is 13.8. The van der Waals surface area contributed by atoms with E-state index in [2.05, 4.69) is 5.32 Å². The molecular formula is C13H9IN2O3. The van der Waals surface area contributed by atoms with Crippen molar-refractivity contribution < 1.29 is 9.72 Å². The number of rotatable bonds is 3. The molecule has 5 nitrogen and oxygen atoms in total. The predicted molar refractivity (Wildman–Crippen MR) is 80.2 cm³/mol. The van der Waals surface area contributed by atoms with E-state index in [0.717, 1.165) is 3.57 Å². The van der Waals surface area contributed by atoms with Gasteiger partial charge in [-0.25, -0.2) is 0 Å². The van der Waals surface area contributed by atoms with Crippen LogP contribution in [0.4, 0.5) is 11.4 Å². The first-order valence-electron chi connectivity index (χ1n) is 5.39. The van der Waals surface area contributed by atoms with Crippen molar-refractivity contribution in [1.82, 2.24) is 0 Å². The van der Waals surface area contributed by atoms with Gasteiger partial charge in [-0.05, 0) is 40.8 Å². The van der Waals surface area contributed by atoms with Crippen LogP contribution in [0.1, 0.15) is 10.4 Å². The number of halogens is 1. The Balaban J connectivity index is 2.30. The van der Waals surface area contributed by atoms with Gasteiger partial charge < -0.3 is 5.32 Å². The highest BCUT2D eigenvalue weighted by molar-refractivity contribution is 14.1. The Labute approximate surface area is 122 Å². The summed E-state index contributed by atoms with van der Waals surface area (Å²) in [5.41, 5.74) is 0.556.